The molecule has 2 unspecified atom stereocenters. The molecule has 6 nitrogen and oxygen atoms in total. The van der Waals surface area contributed by atoms with Crippen LogP contribution in [0.25, 0.3) is 11.4 Å². The molecule has 1 aliphatic heterocycles. The quantitative estimate of drug-likeness (QED) is 0.780. The van der Waals surface area contributed by atoms with Crippen molar-refractivity contribution in [3.63, 3.8) is 0 Å². The molecule has 0 saturated carbocycles. The lowest BCUT2D eigenvalue weighted by atomic mass is 10.1. The summed E-state index contributed by atoms with van der Waals surface area (Å²) in [6, 6.07) is 7.20. The minimum Gasteiger partial charge on any atom is -0.497 e. The average molecular weight is 366 g/mol. The molecule has 0 spiro atoms. The van der Waals surface area contributed by atoms with Crippen molar-refractivity contribution in [2.24, 2.45) is 4.99 Å². The first kappa shape index (κ1) is 16.7. The maximum absolute atomic E-state index is 12.6. The van der Waals surface area contributed by atoms with Gasteiger partial charge in [-0.15, -0.1) is 11.6 Å². The molecule has 0 N–H and O–H groups in total. The van der Waals surface area contributed by atoms with Crippen LogP contribution in [0.15, 0.2) is 53.9 Å². The van der Waals surface area contributed by atoms with Crippen LogP contribution >= 0.6 is 11.6 Å². The molecule has 24 heavy (non-hydrogen) atoms. The van der Waals surface area contributed by atoms with Crippen molar-refractivity contribution < 1.29 is 13.2 Å². The summed E-state index contributed by atoms with van der Waals surface area (Å²) >= 11 is 6.40. The molecule has 3 rings (SSSR count). The number of sulfone groups is 1. The lowest BCUT2D eigenvalue weighted by molar-refractivity contribution is 0.415. The van der Waals surface area contributed by atoms with Gasteiger partial charge in [0.05, 0.1) is 12.5 Å². The number of imidazole rings is 1. The van der Waals surface area contributed by atoms with Crippen molar-refractivity contribution in [1.82, 2.24) is 9.55 Å². The number of benzene rings is 1. The number of aliphatic imine (C=N–C) groups is 1. The maximum Gasteiger partial charge on any atom is 0.203 e. The number of methoxy groups -OCH3 is 1. The van der Waals surface area contributed by atoms with Crippen LogP contribution < -0.4 is 4.74 Å². The third kappa shape index (κ3) is 2.53. The van der Waals surface area contributed by atoms with E-state index in [1.165, 1.54) is 12.4 Å². The van der Waals surface area contributed by atoms with Gasteiger partial charge in [-0.3, -0.25) is 4.99 Å². The first-order valence-corrected chi connectivity index (χ1v) is 9.46. The van der Waals surface area contributed by atoms with Crippen LogP contribution in [0.4, 0.5) is 0 Å². The first-order chi connectivity index (χ1) is 11.4. The van der Waals surface area contributed by atoms with Gasteiger partial charge in [0.25, 0.3) is 0 Å². The summed E-state index contributed by atoms with van der Waals surface area (Å²) in [4.78, 5) is 6.82. The largest absolute Gasteiger partial charge is 0.497 e. The number of hydrogen-bond donors (Lipinski definition) is 0. The van der Waals surface area contributed by atoms with Gasteiger partial charge in [-0.05, 0) is 30.3 Å². The highest BCUT2D eigenvalue weighted by Gasteiger charge is 2.49. The SMILES string of the molecule is COc1ccc(-c2nccn2C2(S(C)(=O)=O)C=NC=CC2Cl)cc1. The van der Waals surface area contributed by atoms with Crippen LogP contribution in [0.2, 0.25) is 0 Å². The average Bonchev–Trinajstić information content (AvgIpc) is 3.04. The highest BCUT2D eigenvalue weighted by Crippen LogP contribution is 2.36. The number of rotatable bonds is 4. The number of hydrogen-bond acceptors (Lipinski definition) is 5. The Balaban J connectivity index is 2.20. The topological polar surface area (TPSA) is 73.6 Å². The molecular weight excluding hydrogens is 350 g/mol. The van der Waals surface area contributed by atoms with Crippen LogP contribution in [0.1, 0.15) is 0 Å². The summed E-state index contributed by atoms with van der Waals surface area (Å²) in [5.41, 5.74) is 0.746. The Morgan fingerprint density at radius 3 is 2.58 bits per heavy atom. The molecule has 0 saturated heterocycles. The number of halogens is 1. The van der Waals surface area contributed by atoms with Crippen molar-refractivity contribution in [3.8, 4) is 17.1 Å². The first-order valence-electron chi connectivity index (χ1n) is 7.13. The second-order valence-electron chi connectivity index (χ2n) is 5.39. The van der Waals surface area contributed by atoms with Crippen LogP contribution in [0.5, 0.6) is 5.75 Å². The molecule has 8 heteroatoms. The molecule has 1 aromatic carbocycles. The van der Waals surface area contributed by atoms with Gasteiger partial charge < -0.3 is 9.30 Å². The minimum atomic E-state index is -3.64. The molecule has 2 aromatic rings. The fourth-order valence-corrected chi connectivity index (χ4v) is 4.65. The Kier molecular flexibility index (Phi) is 4.23. The fraction of sp³-hybridized carbons (Fsp3) is 0.250. The van der Waals surface area contributed by atoms with E-state index in [4.69, 9.17) is 16.3 Å². The van der Waals surface area contributed by atoms with E-state index in [-0.39, 0.29) is 0 Å². The highest BCUT2D eigenvalue weighted by atomic mass is 35.5. The van der Waals surface area contributed by atoms with Crippen LogP contribution in [-0.4, -0.2) is 42.9 Å². The zero-order valence-electron chi connectivity index (χ0n) is 13.1. The number of allylic oxidation sites excluding steroid dienone is 1. The van der Waals surface area contributed by atoms with Gasteiger partial charge in [-0.1, -0.05) is 0 Å². The van der Waals surface area contributed by atoms with Crippen molar-refractivity contribution in [1.29, 1.82) is 0 Å². The molecular formula is C16H16ClN3O3S. The molecule has 2 atom stereocenters. The van der Waals surface area contributed by atoms with Crippen LogP contribution in [0, 0.1) is 0 Å². The summed E-state index contributed by atoms with van der Waals surface area (Å²) in [6.45, 7) is 0. The molecule has 0 bridgehead atoms. The number of ether oxygens (including phenoxy) is 1. The second-order valence-corrected chi connectivity index (χ2v) is 8.06. The summed E-state index contributed by atoms with van der Waals surface area (Å²) in [7, 11) is -2.06. The number of nitrogens with zero attached hydrogens (tertiary/aromatic N) is 3. The van der Waals surface area contributed by atoms with E-state index in [2.05, 4.69) is 9.98 Å². The van der Waals surface area contributed by atoms with Gasteiger partial charge in [-0.2, -0.15) is 0 Å². The van der Waals surface area contributed by atoms with E-state index in [1.807, 2.05) is 12.1 Å². The standard InChI is InChI=1S/C16H16ClN3O3S/c1-23-13-5-3-12(4-6-13)15-19-9-10-20(15)16(24(2,21)22)11-18-8-7-14(16)17/h3-11,14H,1-2H3. The Morgan fingerprint density at radius 1 is 1.29 bits per heavy atom. The van der Waals surface area contributed by atoms with Crippen molar-refractivity contribution in [3.05, 3.63) is 48.9 Å². The van der Waals surface area contributed by atoms with Gasteiger partial charge in [-0.25, -0.2) is 13.4 Å². The molecule has 1 aromatic heterocycles. The molecule has 0 radical (unpaired) electrons. The third-order valence-corrected chi connectivity index (χ3v) is 6.31. The Bertz CT molecular complexity index is 903. The molecule has 0 amide bonds. The van der Waals surface area contributed by atoms with Gasteiger partial charge >= 0.3 is 0 Å². The van der Waals surface area contributed by atoms with E-state index in [1.54, 1.807) is 42.3 Å². The normalized spacial score (nSPS) is 23.4. The molecule has 0 aliphatic carbocycles. The molecule has 126 valence electrons. The maximum atomic E-state index is 12.6. The molecule has 2 heterocycles. The third-order valence-electron chi connectivity index (χ3n) is 3.96. The Hall–Kier alpha value is -2.12. The zero-order chi connectivity index (χ0) is 17.4. The molecule has 0 fully saturated rings. The number of aromatic nitrogens is 2. The Morgan fingerprint density at radius 2 is 2.00 bits per heavy atom. The van der Waals surface area contributed by atoms with E-state index in [0.29, 0.717) is 11.6 Å². The van der Waals surface area contributed by atoms with Gasteiger partial charge in [0.1, 0.15) is 11.6 Å². The van der Waals surface area contributed by atoms with E-state index >= 15 is 0 Å². The highest BCUT2D eigenvalue weighted by molar-refractivity contribution is 7.92. The molecule has 1 aliphatic rings. The van der Waals surface area contributed by atoms with Crippen LogP contribution in [-0.2, 0) is 14.7 Å². The van der Waals surface area contributed by atoms with Gasteiger partial charge in [0.15, 0.2) is 9.84 Å². The van der Waals surface area contributed by atoms with Crippen LogP contribution in [0.3, 0.4) is 0 Å². The lowest BCUT2D eigenvalue weighted by Gasteiger charge is -2.35. The van der Waals surface area contributed by atoms with E-state index in [0.717, 1.165) is 11.8 Å². The summed E-state index contributed by atoms with van der Waals surface area (Å²) in [5.74, 6) is 1.18. The van der Waals surface area contributed by atoms with Crippen molar-refractivity contribution >= 4 is 27.7 Å². The predicted octanol–water partition coefficient (Wildman–Crippen LogP) is 2.46. The van der Waals surface area contributed by atoms with E-state index in [9.17, 15) is 8.42 Å². The monoisotopic (exact) mass is 365 g/mol. The smallest absolute Gasteiger partial charge is 0.203 e. The zero-order valence-corrected chi connectivity index (χ0v) is 14.7. The fourth-order valence-electron chi connectivity index (χ4n) is 2.70. The number of alkyl halides is 1. The summed E-state index contributed by atoms with van der Waals surface area (Å²) in [5, 5.41) is -0.809. The minimum absolute atomic E-state index is 0.482. The van der Waals surface area contributed by atoms with Crippen molar-refractivity contribution in [2.45, 2.75) is 10.2 Å². The van der Waals surface area contributed by atoms with Crippen molar-refractivity contribution in [2.75, 3.05) is 13.4 Å². The Labute approximate surface area is 145 Å². The predicted molar refractivity (Wildman–Crippen MR) is 94.3 cm³/mol. The summed E-state index contributed by atoms with van der Waals surface area (Å²) in [6.07, 6.45) is 8.69. The van der Waals surface area contributed by atoms with E-state index < -0.39 is 20.1 Å². The van der Waals surface area contributed by atoms with Gasteiger partial charge in [0, 0.05) is 36.6 Å². The van der Waals surface area contributed by atoms with Gasteiger partial charge in [0.2, 0.25) is 4.87 Å². The summed E-state index contributed by atoms with van der Waals surface area (Å²) < 4.78 is 31.9. The second kappa shape index (κ2) is 6.07. The lowest BCUT2D eigenvalue weighted by Crippen LogP contribution is -2.50.